The van der Waals surface area contributed by atoms with Gasteiger partial charge in [-0.25, -0.2) is 4.98 Å². The van der Waals surface area contributed by atoms with Gasteiger partial charge in [0.15, 0.2) is 0 Å². The first-order chi connectivity index (χ1) is 15.9. The van der Waals surface area contributed by atoms with Crippen LogP contribution in [0, 0.1) is 0 Å². The fourth-order valence-electron chi connectivity index (χ4n) is 3.91. The molecule has 168 valence electrons. The van der Waals surface area contributed by atoms with Crippen LogP contribution in [0.4, 0.5) is 0 Å². The van der Waals surface area contributed by atoms with Gasteiger partial charge in [-0.05, 0) is 49.7 Å². The minimum absolute atomic E-state index is 0.119. The Morgan fingerprint density at radius 3 is 2.39 bits per heavy atom. The van der Waals surface area contributed by atoms with Crippen LogP contribution >= 0.6 is 23.2 Å². The zero-order chi connectivity index (χ0) is 23.5. The van der Waals surface area contributed by atoms with Gasteiger partial charge in [-0.3, -0.25) is 14.2 Å². The molecule has 5 nitrogen and oxygen atoms in total. The third-order valence-corrected chi connectivity index (χ3v) is 6.41. The van der Waals surface area contributed by atoms with Crippen molar-refractivity contribution >= 4 is 40.0 Å². The molecule has 4 rings (SSSR count). The van der Waals surface area contributed by atoms with Crippen LogP contribution in [-0.4, -0.2) is 20.4 Å². The van der Waals surface area contributed by atoms with Crippen molar-refractivity contribution in [3.05, 3.63) is 110 Å². The number of halogens is 2. The van der Waals surface area contributed by atoms with Crippen LogP contribution in [0.3, 0.4) is 0 Å². The molecule has 3 aromatic carbocycles. The number of hydrogen-bond donors (Lipinski definition) is 0. The Bertz CT molecular complexity index is 1370. The predicted molar refractivity (Wildman–Crippen MR) is 133 cm³/mol. The zero-order valence-corrected chi connectivity index (χ0v) is 19.8. The van der Waals surface area contributed by atoms with Crippen molar-refractivity contribution in [2.75, 3.05) is 0 Å². The van der Waals surface area contributed by atoms with Crippen LogP contribution in [0.2, 0.25) is 10.0 Å². The van der Waals surface area contributed by atoms with Gasteiger partial charge in [0.2, 0.25) is 0 Å². The van der Waals surface area contributed by atoms with E-state index in [1.54, 1.807) is 33.7 Å². The predicted octanol–water partition coefficient (Wildman–Crippen LogP) is 6.13. The first-order valence-electron chi connectivity index (χ1n) is 10.7. The number of hydrogen-bond acceptors (Lipinski definition) is 3. The van der Waals surface area contributed by atoms with Crippen LogP contribution in [0.5, 0.6) is 0 Å². The number of aromatic nitrogens is 2. The first kappa shape index (κ1) is 23.0. The number of rotatable bonds is 6. The summed E-state index contributed by atoms with van der Waals surface area (Å²) >= 11 is 12.3. The summed E-state index contributed by atoms with van der Waals surface area (Å²) in [5.41, 5.74) is 1.87. The molecule has 7 heteroatoms. The van der Waals surface area contributed by atoms with Crippen LogP contribution < -0.4 is 5.56 Å². The second kappa shape index (κ2) is 9.77. The van der Waals surface area contributed by atoms with E-state index >= 15 is 0 Å². The zero-order valence-electron chi connectivity index (χ0n) is 18.3. The Kier molecular flexibility index (Phi) is 6.82. The van der Waals surface area contributed by atoms with E-state index in [1.807, 2.05) is 62.4 Å². The third kappa shape index (κ3) is 4.65. The molecule has 33 heavy (non-hydrogen) atoms. The fourth-order valence-corrected chi connectivity index (χ4v) is 4.21. The standard InChI is InChI=1S/C26H23Cl2N3O2/c1-3-30-24(29-23-12-8-7-11-20(23)26(30)33)17(2)31(16-18-9-5-4-6-10-18)25(32)19-13-14-21(27)22(28)15-19/h4-15,17H,3,16H2,1-2H3. The normalized spacial score (nSPS) is 12.0. The molecule has 0 fully saturated rings. The van der Waals surface area contributed by atoms with Gasteiger partial charge in [0.05, 0.1) is 27.0 Å². The number of benzene rings is 3. The van der Waals surface area contributed by atoms with Crippen molar-refractivity contribution in [3.63, 3.8) is 0 Å². The maximum atomic E-state index is 13.7. The minimum atomic E-state index is -0.482. The second-order valence-corrected chi connectivity index (χ2v) is 8.57. The summed E-state index contributed by atoms with van der Waals surface area (Å²) in [6.07, 6.45) is 0. The van der Waals surface area contributed by atoms with E-state index in [4.69, 9.17) is 28.2 Å². The fraction of sp³-hybridized carbons (Fsp3) is 0.192. The molecule has 0 aliphatic heterocycles. The van der Waals surface area contributed by atoms with Crippen LogP contribution in [-0.2, 0) is 13.1 Å². The summed E-state index contributed by atoms with van der Waals surface area (Å²) in [7, 11) is 0. The number of para-hydroxylation sites is 1. The summed E-state index contributed by atoms with van der Waals surface area (Å²) in [5, 5.41) is 1.25. The molecular weight excluding hydrogens is 457 g/mol. The minimum Gasteiger partial charge on any atom is -0.324 e. The van der Waals surface area contributed by atoms with Gasteiger partial charge in [-0.15, -0.1) is 0 Å². The highest BCUT2D eigenvalue weighted by Crippen LogP contribution is 2.28. The van der Waals surface area contributed by atoms with E-state index in [0.717, 1.165) is 5.56 Å². The lowest BCUT2D eigenvalue weighted by atomic mass is 10.1. The SMILES string of the molecule is CCn1c(C(C)N(Cc2ccccc2)C(=O)c2ccc(Cl)c(Cl)c2)nc2ccccc2c1=O. The maximum absolute atomic E-state index is 13.7. The van der Waals surface area contributed by atoms with Crippen molar-refractivity contribution in [2.45, 2.75) is 33.0 Å². The molecule has 1 atom stereocenters. The highest BCUT2D eigenvalue weighted by atomic mass is 35.5. The van der Waals surface area contributed by atoms with E-state index in [1.165, 1.54) is 0 Å². The average molecular weight is 480 g/mol. The van der Waals surface area contributed by atoms with Crippen LogP contribution in [0.25, 0.3) is 10.9 Å². The number of nitrogens with zero attached hydrogens (tertiary/aromatic N) is 3. The average Bonchev–Trinajstić information content (AvgIpc) is 2.84. The molecule has 1 heterocycles. The van der Waals surface area contributed by atoms with E-state index in [0.29, 0.717) is 45.4 Å². The van der Waals surface area contributed by atoms with E-state index in [-0.39, 0.29) is 11.5 Å². The van der Waals surface area contributed by atoms with Crippen molar-refractivity contribution in [1.82, 2.24) is 14.5 Å². The van der Waals surface area contributed by atoms with E-state index in [9.17, 15) is 9.59 Å². The molecule has 1 amide bonds. The van der Waals surface area contributed by atoms with Gasteiger partial charge in [0.25, 0.3) is 11.5 Å². The summed E-state index contributed by atoms with van der Waals surface area (Å²) in [6, 6.07) is 21.3. The van der Waals surface area contributed by atoms with Crippen molar-refractivity contribution < 1.29 is 4.79 Å². The summed E-state index contributed by atoms with van der Waals surface area (Å²) < 4.78 is 1.63. The number of fused-ring (bicyclic) bond motifs is 1. The van der Waals surface area contributed by atoms with Crippen LogP contribution in [0.15, 0.2) is 77.6 Å². The molecule has 0 radical (unpaired) electrons. The molecule has 0 bridgehead atoms. The topological polar surface area (TPSA) is 55.2 Å². The molecule has 0 N–H and O–H groups in total. The maximum Gasteiger partial charge on any atom is 0.261 e. The summed E-state index contributed by atoms with van der Waals surface area (Å²) in [4.78, 5) is 33.4. The Labute approximate surface area is 202 Å². The molecule has 0 spiro atoms. The largest absolute Gasteiger partial charge is 0.324 e. The quantitative estimate of drug-likeness (QED) is 0.334. The Hall–Kier alpha value is -3.15. The van der Waals surface area contributed by atoms with Crippen molar-refractivity contribution in [3.8, 4) is 0 Å². The Morgan fingerprint density at radius 2 is 1.70 bits per heavy atom. The molecule has 1 unspecified atom stereocenters. The van der Waals surface area contributed by atoms with Gasteiger partial charge < -0.3 is 4.90 Å². The second-order valence-electron chi connectivity index (χ2n) is 7.76. The van der Waals surface area contributed by atoms with E-state index in [2.05, 4.69) is 0 Å². The number of amides is 1. The van der Waals surface area contributed by atoms with Gasteiger partial charge in [0, 0.05) is 18.7 Å². The van der Waals surface area contributed by atoms with Gasteiger partial charge in [-0.1, -0.05) is 65.7 Å². The molecule has 0 aliphatic rings. The van der Waals surface area contributed by atoms with Crippen molar-refractivity contribution in [2.24, 2.45) is 0 Å². The van der Waals surface area contributed by atoms with Gasteiger partial charge in [-0.2, -0.15) is 0 Å². The lowest BCUT2D eigenvalue weighted by Gasteiger charge is -2.31. The molecule has 0 aliphatic carbocycles. The molecule has 4 aromatic rings. The molecule has 0 saturated heterocycles. The van der Waals surface area contributed by atoms with Gasteiger partial charge >= 0.3 is 0 Å². The Morgan fingerprint density at radius 1 is 1.00 bits per heavy atom. The summed E-state index contributed by atoms with van der Waals surface area (Å²) in [6.45, 7) is 4.57. The lowest BCUT2D eigenvalue weighted by molar-refractivity contribution is 0.0662. The summed E-state index contributed by atoms with van der Waals surface area (Å²) in [5.74, 6) is 0.306. The number of carbonyl (C=O) groups is 1. The molecule has 1 aromatic heterocycles. The first-order valence-corrected chi connectivity index (χ1v) is 11.5. The highest BCUT2D eigenvalue weighted by Gasteiger charge is 2.27. The smallest absolute Gasteiger partial charge is 0.261 e. The molecular formula is C26H23Cl2N3O2. The third-order valence-electron chi connectivity index (χ3n) is 5.67. The monoisotopic (exact) mass is 479 g/mol. The van der Waals surface area contributed by atoms with Gasteiger partial charge in [0.1, 0.15) is 5.82 Å². The highest BCUT2D eigenvalue weighted by molar-refractivity contribution is 6.42. The Balaban J connectivity index is 1.84. The van der Waals surface area contributed by atoms with Crippen LogP contribution in [0.1, 0.15) is 41.6 Å². The van der Waals surface area contributed by atoms with E-state index < -0.39 is 6.04 Å². The lowest BCUT2D eigenvalue weighted by Crippen LogP contribution is -2.37. The molecule has 0 saturated carbocycles. The van der Waals surface area contributed by atoms with Crippen molar-refractivity contribution in [1.29, 1.82) is 0 Å². The number of carbonyl (C=O) groups excluding carboxylic acids is 1.